The molecule has 2 aliphatic rings. The van der Waals surface area contributed by atoms with Gasteiger partial charge in [0.1, 0.15) is 19.3 Å². The number of piperidine rings is 1. The van der Waals surface area contributed by atoms with Crippen LogP contribution in [-0.2, 0) is 4.79 Å². The van der Waals surface area contributed by atoms with Gasteiger partial charge in [0.15, 0.2) is 16.7 Å². The molecule has 0 bridgehead atoms. The summed E-state index contributed by atoms with van der Waals surface area (Å²) in [6.45, 7) is 5.03. The first-order valence-corrected chi connectivity index (χ1v) is 11.9. The molecule has 1 amide bonds. The van der Waals surface area contributed by atoms with E-state index in [1.54, 1.807) is 16.7 Å². The second kappa shape index (κ2) is 10.7. The van der Waals surface area contributed by atoms with Crippen LogP contribution in [0.4, 0.5) is 0 Å². The topological polar surface area (TPSA) is 74.6 Å². The molecule has 7 nitrogen and oxygen atoms in total. The van der Waals surface area contributed by atoms with E-state index in [2.05, 4.69) is 32.9 Å². The van der Waals surface area contributed by atoms with Crippen LogP contribution in [-0.4, -0.2) is 79.0 Å². The van der Waals surface area contributed by atoms with E-state index in [1.807, 2.05) is 19.2 Å². The Balaban J connectivity index is 1.51. The molecular formula is C21H30BrN3O4S. The highest BCUT2D eigenvalue weighted by molar-refractivity contribution is 9.10. The summed E-state index contributed by atoms with van der Waals surface area (Å²) < 4.78 is 12.3. The number of halogens is 1. The summed E-state index contributed by atoms with van der Waals surface area (Å²) in [7, 11) is 3.87. The zero-order valence-corrected chi connectivity index (χ0v) is 20.2. The van der Waals surface area contributed by atoms with E-state index < -0.39 is 6.10 Å². The molecular weight excluding hydrogens is 470 g/mol. The Bertz CT molecular complexity index is 782. The lowest BCUT2D eigenvalue weighted by Gasteiger charge is -2.33. The van der Waals surface area contributed by atoms with Gasteiger partial charge in [-0.05, 0) is 60.2 Å². The Labute approximate surface area is 190 Å². The predicted octanol–water partition coefficient (Wildman–Crippen LogP) is 3.24. The minimum absolute atomic E-state index is 0.160. The highest BCUT2D eigenvalue weighted by atomic mass is 79.9. The van der Waals surface area contributed by atoms with Gasteiger partial charge in [0.05, 0.1) is 0 Å². The van der Waals surface area contributed by atoms with Crippen molar-refractivity contribution in [3.8, 4) is 11.5 Å². The van der Waals surface area contributed by atoms with Crippen molar-refractivity contribution in [2.45, 2.75) is 37.2 Å². The summed E-state index contributed by atoms with van der Waals surface area (Å²) >= 11 is 5.23. The third-order valence-electron chi connectivity index (χ3n) is 5.47. The highest BCUT2D eigenvalue weighted by Gasteiger charge is 2.25. The maximum atomic E-state index is 11.9. The number of hydrogen-bond donors (Lipinski definition) is 1. The number of carbonyl (C=O) groups is 1. The van der Waals surface area contributed by atoms with Gasteiger partial charge in [0.2, 0.25) is 0 Å². The molecule has 0 radical (unpaired) electrons. The van der Waals surface area contributed by atoms with Crippen LogP contribution in [0.1, 0.15) is 26.2 Å². The zero-order chi connectivity index (χ0) is 21.7. The maximum Gasteiger partial charge on any atom is 0.251 e. The van der Waals surface area contributed by atoms with Crippen molar-refractivity contribution in [1.82, 2.24) is 9.80 Å². The minimum Gasteiger partial charge on any atom is -0.486 e. The van der Waals surface area contributed by atoms with Gasteiger partial charge in [0.25, 0.3) is 5.91 Å². The van der Waals surface area contributed by atoms with Gasteiger partial charge in [-0.3, -0.25) is 9.79 Å². The number of aliphatic hydroxyl groups excluding tert-OH is 1. The Morgan fingerprint density at radius 1 is 1.33 bits per heavy atom. The van der Waals surface area contributed by atoms with Crippen molar-refractivity contribution in [2.75, 3.05) is 46.9 Å². The number of fused-ring (bicyclic) bond motifs is 1. The number of ether oxygens (including phenoxy) is 2. The van der Waals surface area contributed by atoms with Gasteiger partial charge in [0, 0.05) is 43.1 Å². The lowest BCUT2D eigenvalue weighted by Crippen LogP contribution is -2.43. The van der Waals surface area contributed by atoms with Gasteiger partial charge < -0.3 is 24.4 Å². The molecule has 1 fully saturated rings. The number of carbonyl (C=O) groups excluding carboxylic acids is 1. The molecule has 0 saturated carbocycles. The molecule has 2 heterocycles. The van der Waals surface area contributed by atoms with E-state index in [0.29, 0.717) is 19.1 Å². The minimum atomic E-state index is -0.909. The van der Waals surface area contributed by atoms with Gasteiger partial charge in [-0.2, -0.15) is 0 Å². The lowest BCUT2D eigenvalue weighted by atomic mass is 9.93. The summed E-state index contributed by atoms with van der Waals surface area (Å²) in [5.74, 6) is 1.95. The molecule has 166 valence electrons. The highest BCUT2D eigenvalue weighted by Crippen LogP contribution is 2.40. The second-order valence-electron chi connectivity index (χ2n) is 7.69. The average Bonchev–Trinajstić information content (AvgIpc) is 2.75. The van der Waals surface area contributed by atoms with E-state index >= 15 is 0 Å². The quantitative estimate of drug-likeness (QED) is 0.380. The van der Waals surface area contributed by atoms with Crippen molar-refractivity contribution >= 4 is 38.8 Å². The number of benzene rings is 1. The Hall–Kier alpha value is -1.45. The van der Waals surface area contributed by atoms with Gasteiger partial charge in [-0.1, -0.05) is 11.8 Å². The monoisotopic (exact) mass is 499 g/mol. The SMILES string of the molecule is CN=C(Sc1cc2c(cc1Br)OCCO2)N(C)CCC1CCN(C(=O)C(C)O)CC1. The normalized spacial score (nSPS) is 18.3. The average molecular weight is 500 g/mol. The third kappa shape index (κ3) is 5.82. The zero-order valence-electron chi connectivity index (χ0n) is 17.8. The van der Waals surface area contributed by atoms with Gasteiger partial charge in [-0.15, -0.1) is 0 Å². The van der Waals surface area contributed by atoms with Crippen LogP contribution in [0.15, 0.2) is 26.5 Å². The van der Waals surface area contributed by atoms with Crippen LogP contribution in [0.3, 0.4) is 0 Å². The standard InChI is InChI=1S/C21H30BrN3O4S/c1-14(26)20(27)25-8-5-15(6-9-25)4-7-24(3)21(23-2)30-19-13-18-17(12-16(19)22)28-10-11-29-18/h12-15,26H,4-11H2,1-3H3. The molecule has 1 saturated heterocycles. The number of nitrogens with zero attached hydrogens (tertiary/aromatic N) is 3. The van der Waals surface area contributed by atoms with Crippen LogP contribution >= 0.6 is 27.7 Å². The summed E-state index contributed by atoms with van der Waals surface area (Å²) in [5.41, 5.74) is 0. The molecule has 1 N–H and O–H groups in total. The fraction of sp³-hybridized carbons (Fsp3) is 0.619. The van der Waals surface area contributed by atoms with Crippen molar-refractivity contribution in [3.63, 3.8) is 0 Å². The van der Waals surface area contributed by atoms with Crippen LogP contribution < -0.4 is 9.47 Å². The molecule has 0 spiro atoms. The van der Waals surface area contributed by atoms with Crippen LogP contribution in [0.25, 0.3) is 0 Å². The summed E-state index contributed by atoms with van der Waals surface area (Å²) in [4.78, 5) is 21.4. The number of amides is 1. The third-order valence-corrected chi connectivity index (χ3v) is 7.63. The first-order valence-electron chi connectivity index (χ1n) is 10.3. The van der Waals surface area contributed by atoms with Crippen LogP contribution in [0.2, 0.25) is 0 Å². The number of amidine groups is 1. The fourth-order valence-corrected chi connectivity index (χ4v) is 5.12. The first kappa shape index (κ1) is 23.2. The molecule has 2 aliphatic heterocycles. The van der Waals surface area contributed by atoms with E-state index in [4.69, 9.17) is 9.47 Å². The molecule has 1 atom stereocenters. The lowest BCUT2D eigenvalue weighted by molar-refractivity contribution is -0.140. The van der Waals surface area contributed by atoms with Crippen molar-refractivity contribution in [1.29, 1.82) is 0 Å². The number of hydrogen-bond acceptors (Lipinski definition) is 6. The largest absolute Gasteiger partial charge is 0.486 e. The molecule has 9 heteroatoms. The van der Waals surface area contributed by atoms with Crippen molar-refractivity contribution in [2.24, 2.45) is 10.9 Å². The summed E-state index contributed by atoms with van der Waals surface area (Å²) in [5, 5.41) is 10.4. The van der Waals surface area contributed by atoms with E-state index in [1.165, 1.54) is 6.92 Å². The summed E-state index contributed by atoms with van der Waals surface area (Å²) in [6, 6.07) is 3.95. The number of aliphatic hydroxyl groups is 1. The summed E-state index contributed by atoms with van der Waals surface area (Å²) in [6.07, 6.45) is 2.10. The molecule has 1 aromatic rings. The Kier molecular flexibility index (Phi) is 8.30. The van der Waals surface area contributed by atoms with Crippen LogP contribution in [0, 0.1) is 5.92 Å². The number of thioether (sulfide) groups is 1. The van der Waals surface area contributed by atoms with E-state index in [0.717, 1.165) is 64.9 Å². The molecule has 0 aliphatic carbocycles. The smallest absolute Gasteiger partial charge is 0.251 e. The van der Waals surface area contributed by atoms with E-state index in [-0.39, 0.29) is 5.91 Å². The molecule has 0 aromatic heterocycles. The van der Waals surface area contributed by atoms with Crippen LogP contribution in [0.5, 0.6) is 11.5 Å². The Morgan fingerprint density at radius 2 is 1.97 bits per heavy atom. The molecule has 30 heavy (non-hydrogen) atoms. The maximum absolute atomic E-state index is 11.9. The molecule has 1 aromatic carbocycles. The number of likely N-dealkylation sites (tertiary alicyclic amines) is 1. The molecule has 3 rings (SSSR count). The van der Waals surface area contributed by atoms with Crippen molar-refractivity contribution in [3.05, 3.63) is 16.6 Å². The van der Waals surface area contributed by atoms with E-state index in [9.17, 15) is 9.90 Å². The fourth-order valence-electron chi connectivity index (χ4n) is 3.69. The number of aliphatic imine (C=N–C) groups is 1. The first-order chi connectivity index (χ1) is 14.4. The predicted molar refractivity (Wildman–Crippen MR) is 123 cm³/mol. The Morgan fingerprint density at radius 3 is 2.57 bits per heavy atom. The molecule has 1 unspecified atom stereocenters. The van der Waals surface area contributed by atoms with Crippen molar-refractivity contribution < 1.29 is 19.4 Å². The second-order valence-corrected chi connectivity index (χ2v) is 9.55. The van der Waals surface area contributed by atoms with Gasteiger partial charge >= 0.3 is 0 Å². The van der Waals surface area contributed by atoms with Gasteiger partial charge in [-0.25, -0.2) is 0 Å². The number of rotatable bonds is 5.